The van der Waals surface area contributed by atoms with Crippen molar-refractivity contribution in [3.05, 3.63) is 48.3 Å². The molecule has 6 nitrogen and oxygen atoms in total. The number of carbonyl (C=O) groups is 1. The Hall–Kier alpha value is -2.76. The molecule has 3 rings (SSSR count). The monoisotopic (exact) mass is 328 g/mol. The summed E-state index contributed by atoms with van der Waals surface area (Å²) in [6.45, 7) is 5.71. The Kier molecular flexibility index (Phi) is 4.29. The van der Waals surface area contributed by atoms with Gasteiger partial charge in [0.2, 0.25) is 0 Å². The van der Waals surface area contributed by atoms with E-state index in [0.29, 0.717) is 17.2 Å². The van der Waals surface area contributed by atoms with E-state index in [1.807, 2.05) is 51.1 Å². The Labute approximate surface area is 140 Å². The number of rotatable bonds is 2. The number of hydrogen-bond donors (Lipinski definition) is 1. The molecule has 0 bridgehead atoms. The maximum Gasteiger partial charge on any atom is 0.407 e. The zero-order chi connectivity index (χ0) is 17.2. The van der Waals surface area contributed by atoms with Gasteiger partial charge in [0.25, 0.3) is 0 Å². The van der Waals surface area contributed by atoms with Gasteiger partial charge < -0.3 is 19.5 Å². The highest BCUT2D eigenvalue weighted by molar-refractivity contribution is 5.67. The molecule has 0 fully saturated rings. The first kappa shape index (κ1) is 16.1. The van der Waals surface area contributed by atoms with Gasteiger partial charge in [-0.15, -0.1) is 0 Å². The molecule has 0 spiro atoms. The Morgan fingerprint density at radius 2 is 1.96 bits per heavy atom. The number of hydrogen-bond acceptors (Lipinski definition) is 5. The largest absolute Gasteiger partial charge is 0.480 e. The number of para-hydroxylation sites is 2. The second kappa shape index (κ2) is 6.39. The van der Waals surface area contributed by atoms with Gasteiger partial charge in [0.1, 0.15) is 11.7 Å². The number of aromatic nitrogens is 1. The molecule has 1 unspecified atom stereocenters. The Morgan fingerprint density at radius 1 is 1.21 bits per heavy atom. The van der Waals surface area contributed by atoms with E-state index in [1.165, 1.54) is 0 Å². The van der Waals surface area contributed by atoms with Gasteiger partial charge in [-0.05, 0) is 39.0 Å². The van der Waals surface area contributed by atoms with Gasteiger partial charge in [-0.3, -0.25) is 4.98 Å². The predicted molar refractivity (Wildman–Crippen MR) is 88.4 cm³/mol. The first-order chi connectivity index (χ1) is 11.4. The van der Waals surface area contributed by atoms with Crippen molar-refractivity contribution in [1.29, 1.82) is 0 Å². The molecular weight excluding hydrogens is 308 g/mol. The lowest BCUT2D eigenvalue weighted by molar-refractivity contribution is 0.0501. The van der Waals surface area contributed by atoms with Crippen LogP contribution in [-0.2, 0) is 4.74 Å². The van der Waals surface area contributed by atoms with E-state index in [4.69, 9.17) is 14.2 Å². The number of fused-ring (bicyclic) bond motifs is 2. The molecule has 6 heteroatoms. The van der Waals surface area contributed by atoms with Crippen LogP contribution in [0.2, 0.25) is 0 Å². The number of benzene rings is 1. The molecule has 0 saturated carbocycles. The average molecular weight is 328 g/mol. The number of nitrogens with zero attached hydrogens (tertiary/aromatic N) is 1. The number of carbonyl (C=O) groups excluding carboxylic acids is 1. The van der Waals surface area contributed by atoms with E-state index in [-0.39, 0.29) is 6.54 Å². The summed E-state index contributed by atoms with van der Waals surface area (Å²) in [7, 11) is 0. The number of ether oxygens (including phenoxy) is 3. The molecule has 1 aliphatic heterocycles. The summed E-state index contributed by atoms with van der Waals surface area (Å²) in [5, 5.41) is 2.75. The Balaban J connectivity index is 1.80. The van der Waals surface area contributed by atoms with E-state index in [0.717, 1.165) is 5.56 Å². The fourth-order valence-electron chi connectivity index (χ4n) is 2.35. The molecule has 2 heterocycles. The summed E-state index contributed by atoms with van der Waals surface area (Å²) in [5.41, 5.74) is 0.267. The summed E-state index contributed by atoms with van der Waals surface area (Å²) < 4.78 is 17.2. The third kappa shape index (κ3) is 3.76. The minimum absolute atomic E-state index is 0.254. The van der Waals surface area contributed by atoms with Crippen molar-refractivity contribution in [1.82, 2.24) is 10.3 Å². The lowest BCUT2D eigenvalue weighted by Gasteiger charge is -2.22. The topological polar surface area (TPSA) is 69.7 Å². The van der Waals surface area contributed by atoms with E-state index < -0.39 is 17.8 Å². The number of pyridine rings is 1. The maximum atomic E-state index is 11.9. The highest BCUT2D eigenvalue weighted by Gasteiger charge is 2.26. The number of nitrogens with one attached hydrogen (secondary N) is 1. The minimum atomic E-state index is -0.550. The highest BCUT2D eigenvalue weighted by atomic mass is 16.6. The fourth-order valence-corrected chi connectivity index (χ4v) is 2.35. The SMILES string of the molecule is CC(C)(C)OC(=O)NCC1Oc2ccccc2Oc2cnccc21. The van der Waals surface area contributed by atoms with Gasteiger partial charge in [-0.2, -0.15) is 0 Å². The molecule has 24 heavy (non-hydrogen) atoms. The van der Waals surface area contributed by atoms with Gasteiger partial charge in [-0.25, -0.2) is 4.79 Å². The van der Waals surface area contributed by atoms with Crippen molar-refractivity contribution >= 4 is 6.09 Å². The van der Waals surface area contributed by atoms with Crippen LogP contribution in [0.1, 0.15) is 32.4 Å². The summed E-state index contributed by atoms with van der Waals surface area (Å²) in [6.07, 6.45) is 2.42. The third-order valence-electron chi connectivity index (χ3n) is 3.33. The van der Waals surface area contributed by atoms with Crippen molar-refractivity contribution in [2.75, 3.05) is 6.54 Å². The molecule has 0 radical (unpaired) electrons. The Bertz CT molecular complexity index is 740. The second-order valence-electron chi connectivity index (χ2n) is 6.45. The zero-order valence-electron chi connectivity index (χ0n) is 13.9. The Morgan fingerprint density at radius 3 is 2.71 bits per heavy atom. The molecule has 1 atom stereocenters. The van der Waals surface area contributed by atoms with Crippen LogP contribution < -0.4 is 14.8 Å². The van der Waals surface area contributed by atoms with Gasteiger partial charge in [0, 0.05) is 11.8 Å². The molecule has 1 aromatic heterocycles. The summed E-state index contributed by atoms with van der Waals surface area (Å²) in [4.78, 5) is 16.0. The van der Waals surface area contributed by atoms with Crippen molar-refractivity contribution < 1.29 is 19.0 Å². The van der Waals surface area contributed by atoms with Crippen molar-refractivity contribution in [3.63, 3.8) is 0 Å². The van der Waals surface area contributed by atoms with Gasteiger partial charge >= 0.3 is 6.09 Å². The molecule has 2 aromatic rings. The third-order valence-corrected chi connectivity index (χ3v) is 3.33. The predicted octanol–water partition coefficient (Wildman–Crippen LogP) is 3.83. The molecule has 0 saturated heterocycles. The van der Waals surface area contributed by atoms with Crippen LogP contribution in [-0.4, -0.2) is 23.2 Å². The lowest BCUT2D eigenvalue weighted by Crippen LogP contribution is -2.35. The van der Waals surface area contributed by atoms with Crippen molar-refractivity contribution in [3.8, 4) is 17.2 Å². The quantitative estimate of drug-likeness (QED) is 0.907. The molecule has 1 N–H and O–H groups in total. The first-order valence-electron chi connectivity index (χ1n) is 7.77. The van der Waals surface area contributed by atoms with Crippen LogP contribution >= 0.6 is 0 Å². The highest BCUT2D eigenvalue weighted by Crippen LogP contribution is 2.40. The van der Waals surface area contributed by atoms with E-state index in [1.54, 1.807) is 12.4 Å². The van der Waals surface area contributed by atoms with Gasteiger partial charge in [0.15, 0.2) is 17.2 Å². The van der Waals surface area contributed by atoms with E-state index in [9.17, 15) is 4.79 Å². The van der Waals surface area contributed by atoms with Crippen molar-refractivity contribution in [2.24, 2.45) is 0 Å². The number of amides is 1. The number of alkyl carbamates (subject to hydrolysis) is 1. The van der Waals surface area contributed by atoms with Crippen LogP contribution in [0.25, 0.3) is 0 Å². The summed E-state index contributed by atoms with van der Waals surface area (Å²) in [5.74, 6) is 1.84. The first-order valence-corrected chi connectivity index (χ1v) is 7.77. The van der Waals surface area contributed by atoms with Crippen LogP contribution in [0.4, 0.5) is 4.79 Å². The molecule has 126 valence electrons. The van der Waals surface area contributed by atoms with Crippen LogP contribution in [0.5, 0.6) is 17.2 Å². The van der Waals surface area contributed by atoms with Crippen LogP contribution in [0.3, 0.4) is 0 Å². The van der Waals surface area contributed by atoms with Gasteiger partial charge in [0.05, 0.1) is 12.7 Å². The smallest absolute Gasteiger partial charge is 0.407 e. The summed E-state index contributed by atoms with van der Waals surface area (Å²) >= 11 is 0. The standard InChI is InChI=1S/C18H20N2O4/c1-18(2,3)24-17(21)20-11-16-12-8-9-19-10-15(12)22-13-6-4-5-7-14(13)23-16/h4-10,16H,11H2,1-3H3,(H,20,21). The normalized spacial score (nSPS) is 15.9. The molecule has 1 aromatic carbocycles. The average Bonchev–Trinajstić information content (AvgIpc) is 2.67. The molecular formula is C18H20N2O4. The maximum absolute atomic E-state index is 11.9. The van der Waals surface area contributed by atoms with E-state index in [2.05, 4.69) is 10.3 Å². The summed E-state index contributed by atoms with van der Waals surface area (Å²) in [6, 6.07) is 9.22. The lowest BCUT2D eigenvalue weighted by atomic mass is 10.1. The minimum Gasteiger partial charge on any atom is -0.480 e. The van der Waals surface area contributed by atoms with Crippen LogP contribution in [0, 0.1) is 0 Å². The molecule has 1 aliphatic rings. The van der Waals surface area contributed by atoms with E-state index >= 15 is 0 Å². The van der Waals surface area contributed by atoms with Crippen molar-refractivity contribution in [2.45, 2.75) is 32.5 Å². The molecule has 1 amide bonds. The van der Waals surface area contributed by atoms with Crippen LogP contribution in [0.15, 0.2) is 42.7 Å². The second-order valence-corrected chi connectivity index (χ2v) is 6.45. The molecule has 0 aliphatic carbocycles. The fraction of sp³-hybridized carbons (Fsp3) is 0.333. The van der Waals surface area contributed by atoms with Gasteiger partial charge in [-0.1, -0.05) is 12.1 Å². The zero-order valence-corrected chi connectivity index (χ0v) is 13.9.